The third kappa shape index (κ3) is 4.95. The predicted molar refractivity (Wildman–Crippen MR) is 105 cm³/mol. The Morgan fingerprint density at radius 2 is 1.89 bits per heavy atom. The Labute approximate surface area is 167 Å². The molecule has 9 heteroatoms. The van der Waals surface area contributed by atoms with Crippen LogP contribution in [-0.4, -0.2) is 34.9 Å². The van der Waals surface area contributed by atoms with Crippen molar-refractivity contribution < 1.29 is 18.7 Å². The van der Waals surface area contributed by atoms with Gasteiger partial charge in [0.1, 0.15) is 0 Å². The quantitative estimate of drug-likeness (QED) is 0.450. The Bertz CT molecular complexity index is 959. The molecule has 1 aromatic heterocycles. The maximum atomic E-state index is 12.2. The summed E-state index contributed by atoms with van der Waals surface area (Å²) < 4.78 is 11.2. The zero-order chi connectivity index (χ0) is 19.2. The molecule has 7 nitrogen and oxygen atoms in total. The molecule has 3 aromatic rings. The van der Waals surface area contributed by atoms with Crippen LogP contribution in [0.3, 0.4) is 0 Å². The molecule has 0 bridgehead atoms. The fraction of sp³-hybridized carbons (Fsp3) is 0.111. The number of nitrogens with zero attached hydrogens (tertiary/aromatic N) is 2. The fourth-order valence-electron chi connectivity index (χ4n) is 2.17. The molecule has 0 radical (unpaired) electrons. The smallest absolute Gasteiger partial charge is 0.339 e. The van der Waals surface area contributed by atoms with Gasteiger partial charge in [-0.2, -0.15) is 0 Å². The van der Waals surface area contributed by atoms with Crippen LogP contribution >= 0.6 is 27.7 Å². The van der Waals surface area contributed by atoms with Crippen LogP contribution in [0.25, 0.3) is 11.5 Å². The number of anilines is 1. The molecular formula is C18H14BrN3O4S. The monoisotopic (exact) mass is 447 g/mol. The number of hydrogen-bond donors (Lipinski definition) is 1. The number of thioether (sulfide) groups is 1. The van der Waals surface area contributed by atoms with Crippen LogP contribution in [0.2, 0.25) is 0 Å². The molecule has 0 aliphatic carbocycles. The van der Waals surface area contributed by atoms with Gasteiger partial charge in [0.2, 0.25) is 11.8 Å². The van der Waals surface area contributed by atoms with E-state index in [1.807, 2.05) is 24.3 Å². The number of carbonyl (C=O) groups excluding carboxylic acids is 2. The van der Waals surface area contributed by atoms with Gasteiger partial charge >= 0.3 is 5.97 Å². The van der Waals surface area contributed by atoms with E-state index in [0.717, 1.165) is 21.8 Å². The van der Waals surface area contributed by atoms with Crippen LogP contribution in [0.4, 0.5) is 5.69 Å². The van der Waals surface area contributed by atoms with Gasteiger partial charge in [-0.15, -0.1) is 10.2 Å². The molecule has 1 N–H and O–H groups in total. The van der Waals surface area contributed by atoms with Crippen molar-refractivity contribution in [2.45, 2.75) is 5.22 Å². The average Bonchev–Trinajstić information content (AvgIpc) is 3.16. The lowest BCUT2D eigenvalue weighted by Crippen LogP contribution is -2.17. The van der Waals surface area contributed by atoms with Gasteiger partial charge in [0, 0.05) is 10.0 Å². The molecule has 0 atom stereocenters. The second kappa shape index (κ2) is 8.83. The molecule has 2 aromatic carbocycles. The maximum absolute atomic E-state index is 12.2. The first kappa shape index (κ1) is 19.1. The van der Waals surface area contributed by atoms with Crippen molar-refractivity contribution in [3.8, 4) is 11.5 Å². The van der Waals surface area contributed by atoms with E-state index in [2.05, 4.69) is 31.4 Å². The number of carbonyl (C=O) groups is 2. The number of nitrogens with one attached hydrogen (secondary N) is 1. The van der Waals surface area contributed by atoms with Crippen molar-refractivity contribution >= 4 is 45.3 Å². The largest absolute Gasteiger partial charge is 0.465 e. The number of rotatable bonds is 6. The molecule has 0 saturated carbocycles. The number of methoxy groups -OCH3 is 1. The number of esters is 1. The van der Waals surface area contributed by atoms with Crippen LogP contribution < -0.4 is 5.32 Å². The van der Waals surface area contributed by atoms with Crippen molar-refractivity contribution in [1.29, 1.82) is 0 Å². The summed E-state index contributed by atoms with van der Waals surface area (Å²) in [6, 6.07) is 14.1. The lowest BCUT2D eigenvalue weighted by atomic mass is 10.2. The molecule has 0 unspecified atom stereocenters. The summed E-state index contributed by atoms with van der Waals surface area (Å²) in [5, 5.41) is 10.9. The molecule has 138 valence electrons. The first-order valence-electron chi connectivity index (χ1n) is 7.76. The second-order valence-electron chi connectivity index (χ2n) is 5.25. The normalized spacial score (nSPS) is 10.4. The number of hydrogen-bond acceptors (Lipinski definition) is 7. The summed E-state index contributed by atoms with van der Waals surface area (Å²) in [5.41, 5.74) is 1.46. The number of halogens is 1. The Balaban J connectivity index is 1.60. The third-order valence-electron chi connectivity index (χ3n) is 3.43. The number of para-hydroxylation sites is 1. The minimum absolute atomic E-state index is 0.0531. The summed E-state index contributed by atoms with van der Waals surface area (Å²) in [7, 11) is 1.29. The summed E-state index contributed by atoms with van der Waals surface area (Å²) in [5.74, 6) is -0.395. The number of aromatic nitrogens is 2. The summed E-state index contributed by atoms with van der Waals surface area (Å²) in [4.78, 5) is 23.9. The van der Waals surface area contributed by atoms with Gasteiger partial charge in [0.15, 0.2) is 0 Å². The number of amides is 1. The average molecular weight is 448 g/mol. The standard InChI is InChI=1S/C18H14BrN3O4S/c1-25-17(24)13-4-2-3-5-14(13)20-15(23)10-27-18-22-21-16(26-18)11-6-8-12(19)9-7-11/h2-9H,10H2,1H3,(H,20,23). The van der Waals surface area contributed by atoms with Gasteiger partial charge in [-0.3, -0.25) is 4.79 Å². The highest BCUT2D eigenvalue weighted by molar-refractivity contribution is 9.10. The minimum Gasteiger partial charge on any atom is -0.465 e. The lowest BCUT2D eigenvalue weighted by Gasteiger charge is -2.08. The first-order valence-corrected chi connectivity index (χ1v) is 9.54. The lowest BCUT2D eigenvalue weighted by molar-refractivity contribution is -0.113. The predicted octanol–water partition coefficient (Wildman–Crippen LogP) is 4.02. The van der Waals surface area contributed by atoms with Crippen LogP contribution in [0.5, 0.6) is 0 Å². The SMILES string of the molecule is COC(=O)c1ccccc1NC(=O)CSc1nnc(-c2ccc(Br)cc2)o1. The maximum Gasteiger partial charge on any atom is 0.339 e. The summed E-state index contributed by atoms with van der Waals surface area (Å²) >= 11 is 4.47. The molecule has 0 aliphatic heterocycles. The molecule has 27 heavy (non-hydrogen) atoms. The van der Waals surface area contributed by atoms with Crippen molar-refractivity contribution in [3.63, 3.8) is 0 Å². The van der Waals surface area contributed by atoms with Crippen molar-refractivity contribution in [2.75, 3.05) is 18.2 Å². The van der Waals surface area contributed by atoms with E-state index in [1.54, 1.807) is 24.3 Å². The highest BCUT2D eigenvalue weighted by atomic mass is 79.9. The zero-order valence-corrected chi connectivity index (χ0v) is 16.5. The minimum atomic E-state index is -0.519. The Morgan fingerprint density at radius 1 is 1.15 bits per heavy atom. The third-order valence-corrected chi connectivity index (χ3v) is 4.78. The van der Waals surface area contributed by atoms with Crippen LogP contribution in [0, 0.1) is 0 Å². The van der Waals surface area contributed by atoms with Crippen LogP contribution in [-0.2, 0) is 9.53 Å². The highest BCUT2D eigenvalue weighted by Crippen LogP contribution is 2.25. The van der Waals surface area contributed by atoms with Gasteiger partial charge in [-0.05, 0) is 36.4 Å². The van der Waals surface area contributed by atoms with E-state index in [-0.39, 0.29) is 22.4 Å². The molecule has 1 heterocycles. The Morgan fingerprint density at radius 3 is 2.63 bits per heavy atom. The van der Waals surface area contributed by atoms with Crippen LogP contribution in [0.15, 0.2) is 62.6 Å². The van der Waals surface area contributed by atoms with E-state index in [4.69, 9.17) is 9.15 Å². The molecule has 0 saturated heterocycles. The highest BCUT2D eigenvalue weighted by Gasteiger charge is 2.15. The van der Waals surface area contributed by atoms with Crippen molar-refractivity contribution in [1.82, 2.24) is 10.2 Å². The van der Waals surface area contributed by atoms with E-state index in [9.17, 15) is 9.59 Å². The Kier molecular flexibility index (Phi) is 6.25. The summed E-state index contributed by atoms with van der Waals surface area (Å²) in [6.45, 7) is 0. The molecule has 1 amide bonds. The van der Waals surface area contributed by atoms with E-state index in [0.29, 0.717) is 11.6 Å². The molecule has 0 fully saturated rings. The molecule has 0 spiro atoms. The van der Waals surface area contributed by atoms with Gasteiger partial charge in [-0.25, -0.2) is 4.79 Å². The van der Waals surface area contributed by atoms with E-state index < -0.39 is 5.97 Å². The van der Waals surface area contributed by atoms with Crippen LogP contribution in [0.1, 0.15) is 10.4 Å². The van der Waals surface area contributed by atoms with E-state index >= 15 is 0 Å². The number of benzene rings is 2. The first-order chi connectivity index (χ1) is 13.1. The van der Waals surface area contributed by atoms with Crippen molar-refractivity contribution in [3.05, 3.63) is 58.6 Å². The summed E-state index contributed by atoms with van der Waals surface area (Å²) in [6.07, 6.45) is 0. The zero-order valence-electron chi connectivity index (χ0n) is 14.1. The topological polar surface area (TPSA) is 94.3 Å². The molecular weight excluding hydrogens is 434 g/mol. The Hall–Kier alpha value is -2.65. The molecule has 3 rings (SSSR count). The van der Waals surface area contributed by atoms with E-state index in [1.165, 1.54) is 7.11 Å². The fourth-order valence-corrected chi connectivity index (χ4v) is 3.00. The van der Waals surface area contributed by atoms with Gasteiger partial charge in [0.25, 0.3) is 5.22 Å². The van der Waals surface area contributed by atoms with Gasteiger partial charge in [-0.1, -0.05) is 39.8 Å². The van der Waals surface area contributed by atoms with Gasteiger partial charge < -0.3 is 14.5 Å². The molecule has 0 aliphatic rings. The second-order valence-corrected chi connectivity index (χ2v) is 7.10. The number of ether oxygens (including phenoxy) is 1. The van der Waals surface area contributed by atoms with Gasteiger partial charge in [0.05, 0.1) is 24.1 Å². The van der Waals surface area contributed by atoms with Crippen molar-refractivity contribution in [2.24, 2.45) is 0 Å².